The van der Waals surface area contributed by atoms with Crippen molar-refractivity contribution in [1.82, 2.24) is 20.1 Å². The molecular formula is C21H18F3N5O3. The number of pyridine rings is 1. The Balaban J connectivity index is 1.40. The molecule has 4 heterocycles. The Hall–Kier alpha value is -3.76. The zero-order valence-corrected chi connectivity index (χ0v) is 16.6. The summed E-state index contributed by atoms with van der Waals surface area (Å²) in [5, 5.41) is 9.65. The van der Waals surface area contributed by atoms with Gasteiger partial charge in [0.15, 0.2) is 23.2 Å². The standard InChI is InChI=1S/C21H18F3N5O3/c22-21(23,24)18-8-14(12-4-5-16-17(7-12)32-11-31-16)27-19-9-15(28-29(18)19)20(30)26-10-13-3-1-2-6-25-13/h1-7,9,14,18,27H,8,10-11H2,(H,26,30)/t14-,18-/m0/s1. The first-order chi connectivity index (χ1) is 15.4. The number of benzene rings is 1. The first-order valence-corrected chi connectivity index (χ1v) is 9.89. The maximum absolute atomic E-state index is 13.9. The zero-order chi connectivity index (χ0) is 22.3. The minimum Gasteiger partial charge on any atom is -0.454 e. The zero-order valence-electron chi connectivity index (χ0n) is 16.6. The highest BCUT2D eigenvalue weighted by molar-refractivity contribution is 5.93. The van der Waals surface area contributed by atoms with Crippen molar-refractivity contribution in [2.45, 2.75) is 31.2 Å². The fraction of sp³-hybridized carbons (Fsp3) is 0.286. The van der Waals surface area contributed by atoms with E-state index in [1.165, 1.54) is 6.07 Å². The van der Waals surface area contributed by atoms with E-state index >= 15 is 0 Å². The molecule has 2 N–H and O–H groups in total. The van der Waals surface area contributed by atoms with Crippen LogP contribution in [0, 0.1) is 0 Å². The molecule has 1 aromatic carbocycles. The SMILES string of the molecule is O=C(NCc1ccccn1)c1cc2n(n1)[C@H](C(F)(F)F)C[C@@H](c1ccc3c(c1)OCO3)N2. The maximum atomic E-state index is 13.9. The fourth-order valence-corrected chi connectivity index (χ4v) is 3.80. The Morgan fingerprint density at radius 1 is 1.19 bits per heavy atom. The average Bonchev–Trinajstić information content (AvgIpc) is 3.43. The molecule has 0 unspecified atom stereocenters. The molecule has 0 saturated heterocycles. The number of hydrogen-bond donors (Lipinski definition) is 2. The fourth-order valence-electron chi connectivity index (χ4n) is 3.80. The number of nitrogens with one attached hydrogen (secondary N) is 2. The first kappa shape index (κ1) is 20.2. The Kier molecular flexibility index (Phi) is 4.87. The van der Waals surface area contributed by atoms with Crippen molar-refractivity contribution in [3.05, 3.63) is 65.6 Å². The summed E-state index contributed by atoms with van der Waals surface area (Å²) in [7, 11) is 0. The molecule has 0 bridgehead atoms. The van der Waals surface area contributed by atoms with E-state index in [1.54, 1.807) is 42.6 Å². The number of alkyl halides is 3. The smallest absolute Gasteiger partial charge is 0.410 e. The van der Waals surface area contributed by atoms with Crippen LogP contribution in [0.5, 0.6) is 11.5 Å². The van der Waals surface area contributed by atoms with Crippen LogP contribution in [0.2, 0.25) is 0 Å². The number of nitrogens with zero attached hydrogens (tertiary/aromatic N) is 3. The molecule has 32 heavy (non-hydrogen) atoms. The van der Waals surface area contributed by atoms with Crippen molar-refractivity contribution in [2.75, 3.05) is 12.1 Å². The molecule has 2 atom stereocenters. The first-order valence-electron chi connectivity index (χ1n) is 9.89. The van der Waals surface area contributed by atoms with Crippen LogP contribution in [0.4, 0.5) is 19.0 Å². The topological polar surface area (TPSA) is 90.3 Å². The highest BCUT2D eigenvalue weighted by Crippen LogP contribution is 2.45. The summed E-state index contributed by atoms with van der Waals surface area (Å²) in [5.74, 6) is 0.569. The number of hydrogen-bond acceptors (Lipinski definition) is 6. The van der Waals surface area contributed by atoms with Gasteiger partial charge < -0.3 is 20.1 Å². The number of rotatable bonds is 4. The van der Waals surface area contributed by atoms with Crippen molar-refractivity contribution in [3.63, 3.8) is 0 Å². The molecule has 1 amide bonds. The molecule has 2 aliphatic heterocycles. The molecule has 8 nitrogen and oxygen atoms in total. The van der Waals surface area contributed by atoms with Crippen LogP contribution in [-0.4, -0.2) is 33.6 Å². The molecule has 0 spiro atoms. The summed E-state index contributed by atoms with van der Waals surface area (Å²) in [6.07, 6.45) is -3.24. The van der Waals surface area contributed by atoms with Gasteiger partial charge in [0, 0.05) is 18.7 Å². The van der Waals surface area contributed by atoms with Crippen LogP contribution < -0.4 is 20.1 Å². The van der Waals surface area contributed by atoms with Crippen molar-refractivity contribution >= 4 is 11.7 Å². The predicted octanol–water partition coefficient (Wildman–Crippen LogP) is 3.60. The molecule has 0 aliphatic carbocycles. The van der Waals surface area contributed by atoms with E-state index in [0.717, 1.165) is 4.68 Å². The second-order valence-electron chi connectivity index (χ2n) is 7.47. The molecule has 5 rings (SSSR count). The lowest BCUT2D eigenvalue weighted by Gasteiger charge is -2.33. The van der Waals surface area contributed by atoms with Crippen LogP contribution >= 0.6 is 0 Å². The van der Waals surface area contributed by atoms with Crippen LogP contribution in [0.3, 0.4) is 0 Å². The van der Waals surface area contributed by atoms with Crippen LogP contribution in [-0.2, 0) is 6.54 Å². The third kappa shape index (κ3) is 3.81. The van der Waals surface area contributed by atoms with E-state index in [-0.39, 0.29) is 31.3 Å². The predicted molar refractivity (Wildman–Crippen MR) is 106 cm³/mol. The van der Waals surface area contributed by atoms with Gasteiger partial charge in [0.05, 0.1) is 18.3 Å². The van der Waals surface area contributed by atoms with E-state index in [0.29, 0.717) is 22.8 Å². The van der Waals surface area contributed by atoms with E-state index < -0.39 is 24.2 Å². The molecule has 11 heteroatoms. The van der Waals surface area contributed by atoms with Crippen LogP contribution in [0.1, 0.15) is 40.3 Å². The minimum absolute atomic E-state index is 0.0752. The third-order valence-electron chi connectivity index (χ3n) is 5.38. The van der Waals surface area contributed by atoms with Gasteiger partial charge in [0.2, 0.25) is 6.79 Å². The molecule has 166 valence electrons. The largest absolute Gasteiger partial charge is 0.454 e. The van der Waals surface area contributed by atoms with Gasteiger partial charge in [-0.2, -0.15) is 18.3 Å². The average molecular weight is 445 g/mol. The summed E-state index contributed by atoms with van der Waals surface area (Å²) in [4.78, 5) is 16.6. The number of amides is 1. The van der Waals surface area contributed by atoms with Crippen LogP contribution in [0.25, 0.3) is 0 Å². The third-order valence-corrected chi connectivity index (χ3v) is 5.38. The van der Waals surface area contributed by atoms with Crippen LogP contribution in [0.15, 0.2) is 48.7 Å². The second kappa shape index (κ2) is 7.74. The van der Waals surface area contributed by atoms with Crippen molar-refractivity contribution < 1.29 is 27.4 Å². The van der Waals surface area contributed by atoms with Crippen molar-refractivity contribution in [2.24, 2.45) is 0 Å². The number of carbonyl (C=O) groups is 1. The number of halogens is 3. The Morgan fingerprint density at radius 2 is 2.03 bits per heavy atom. The van der Waals surface area contributed by atoms with Gasteiger partial charge in [-0.3, -0.25) is 9.78 Å². The molecule has 0 radical (unpaired) electrons. The number of anilines is 1. The molecule has 0 fully saturated rings. The number of fused-ring (bicyclic) bond motifs is 2. The van der Waals surface area contributed by atoms with Crippen molar-refractivity contribution in [3.8, 4) is 11.5 Å². The van der Waals surface area contributed by atoms with Gasteiger partial charge in [-0.1, -0.05) is 12.1 Å². The number of ether oxygens (including phenoxy) is 2. The normalized spacial score (nSPS) is 19.2. The minimum atomic E-state index is -4.54. The summed E-state index contributed by atoms with van der Waals surface area (Å²) in [6, 6.07) is 9.08. The quantitative estimate of drug-likeness (QED) is 0.638. The molecule has 0 saturated carbocycles. The van der Waals surface area contributed by atoms with Gasteiger partial charge in [0.1, 0.15) is 5.82 Å². The summed E-state index contributed by atoms with van der Waals surface area (Å²) in [5.41, 5.74) is 1.14. The Labute approximate surface area is 180 Å². The summed E-state index contributed by atoms with van der Waals surface area (Å²) in [6.45, 7) is 0.212. The van der Waals surface area contributed by atoms with Gasteiger partial charge in [-0.25, -0.2) is 4.68 Å². The van der Waals surface area contributed by atoms with Crippen molar-refractivity contribution in [1.29, 1.82) is 0 Å². The molecular weight excluding hydrogens is 427 g/mol. The van der Waals surface area contributed by atoms with E-state index in [2.05, 4.69) is 20.7 Å². The summed E-state index contributed by atoms with van der Waals surface area (Å²) >= 11 is 0. The van der Waals surface area contributed by atoms with E-state index in [1.807, 2.05) is 0 Å². The van der Waals surface area contributed by atoms with Gasteiger partial charge >= 0.3 is 6.18 Å². The second-order valence-corrected chi connectivity index (χ2v) is 7.47. The Bertz CT molecular complexity index is 1150. The highest BCUT2D eigenvalue weighted by Gasteiger charge is 2.47. The molecule has 2 aliphatic rings. The Morgan fingerprint density at radius 3 is 2.81 bits per heavy atom. The number of carbonyl (C=O) groups excluding carboxylic acids is 1. The highest BCUT2D eigenvalue weighted by atomic mass is 19.4. The molecule has 3 aromatic rings. The monoisotopic (exact) mass is 445 g/mol. The van der Waals surface area contributed by atoms with E-state index in [9.17, 15) is 18.0 Å². The maximum Gasteiger partial charge on any atom is 0.410 e. The summed E-state index contributed by atoms with van der Waals surface area (Å²) < 4.78 is 53.0. The lowest BCUT2D eigenvalue weighted by molar-refractivity contribution is -0.173. The molecule has 2 aromatic heterocycles. The van der Waals surface area contributed by atoms with Gasteiger partial charge in [-0.05, 0) is 29.8 Å². The van der Waals surface area contributed by atoms with E-state index in [4.69, 9.17) is 9.47 Å². The lowest BCUT2D eigenvalue weighted by Crippen LogP contribution is -2.35. The number of aromatic nitrogens is 3. The van der Waals surface area contributed by atoms with Gasteiger partial charge in [0.25, 0.3) is 5.91 Å². The lowest BCUT2D eigenvalue weighted by atomic mass is 9.96. The van der Waals surface area contributed by atoms with Gasteiger partial charge in [-0.15, -0.1) is 0 Å².